The Morgan fingerprint density at radius 2 is 1.68 bits per heavy atom. The van der Waals surface area contributed by atoms with Crippen LogP contribution in [0.2, 0.25) is 0 Å². The number of piperidine rings is 1. The van der Waals surface area contributed by atoms with Crippen LogP contribution in [0.5, 0.6) is 0 Å². The van der Waals surface area contributed by atoms with Crippen LogP contribution in [0, 0.1) is 13.8 Å². The summed E-state index contributed by atoms with van der Waals surface area (Å²) in [4.78, 5) is 14.8. The van der Waals surface area contributed by atoms with Crippen molar-refractivity contribution in [2.45, 2.75) is 33.2 Å². The number of hydrogen-bond acceptors (Lipinski definition) is 5. The number of anilines is 1. The predicted molar refractivity (Wildman–Crippen MR) is 125 cm³/mol. The molecular weight excluding hydrogens is 412 g/mol. The van der Waals surface area contributed by atoms with Crippen LogP contribution in [0.1, 0.15) is 29.5 Å². The van der Waals surface area contributed by atoms with Crippen LogP contribution in [0.25, 0.3) is 0 Å². The van der Waals surface area contributed by atoms with Gasteiger partial charge in [0.2, 0.25) is 10.0 Å². The Bertz CT molecular complexity index is 1020. The normalized spacial score (nSPS) is 14.9. The summed E-state index contributed by atoms with van der Waals surface area (Å²) in [5.74, 6) is -0.455. The molecule has 166 valence electrons. The fourth-order valence-corrected chi connectivity index (χ4v) is 4.56. The summed E-state index contributed by atoms with van der Waals surface area (Å²) in [6.45, 7) is 6.14. The largest absolute Gasteiger partial charge is 0.298 e. The van der Waals surface area contributed by atoms with Crippen LogP contribution < -0.4 is 9.73 Å². The van der Waals surface area contributed by atoms with E-state index in [1.807, 2.05) is 38.1 Å². The lowest BCUT2D eigenvalue weighted by molar-refractivity contribution is -0.119. The van der Waals surface area contributed by atoms with E-state index in [0.29, 0.717) is 5.69 Å². The van der Waals surface area contributed by atoms with E-state index in [0.717, 1.165) is 59.9 Å². The molecule has 0 aliphatic carbocycles. The molecule has 31 heavy (non-hydrogen) atoms. The summed E-state index contributed by atoms with van der Waals surface area (Å²) >= 11 is 0. The highest BCUT2D eigenvalue weighted by Crippen LogP contribution is 2.21. The third-order valence-corrected chi connectivity index (χ3v) is 6.34. The molecule has 1 heterocycles. The van der Waals surface area contributed by atoms with E-state index < -0.39 is 15.9 Å². The third-order valence-electron chi connectivity index (χ3n) is 5.20. The van der Waals surface area contributed by atoms with Crippen LogP contribution >= 0.6 is 0 Å². The number of amides is 1. The van der Waals surface area contributed by atoms with Crippen molar-refractivity contribution in [3.05, 3.63) is 65.2 Å². The number of nitrogens with one attached hydrogen (secondary N) is 1. The SMILES string of the molecule is Cc1cc(C)cc(N(CC(=O)NN=C2CCN(Cc3ccccc3)CC2)S(C)(=O)=O)c1. The first-order chi connectivity index (χ1) is 14.7. The number of sulfonamides is 1. The molecule has 8 heteroatoms. The van der Waals surface area contributed by atoms with E-state index in [4.69, 9.17) is 0 Å². The second-order valence-corrected chi connectivity index (χ2v) is 10.00. The minimum atomic E-state index is -3.61. The second kappa shape index (κ2) is 10.1. The molecular formula is C23H30N4O3S. The highest BCUT2D eigenvalue weighted by atomic mass is 32.2. The quantitative estimate of drug-likeness (QED) is 0.669. The molecule has 1 aliphatic rings. The maximum absolute atomic E-state index is 12.5. The van der Waals surface area contributed by atoms with E-state index in [1.165, 1.54) is 5.56 Å². The average molecular weight is 443 g/mol. The number of rotatable bonds is 7. The summed E-state index contributed by atoms with van der Waals surface area (Å²) in [6.07, 6.45) is 2.66. The van der Waals surface area contributed by atoms with Crippen LogP contribution in [0.4, 0.5) is 5.69 Å². The standard InChI is InChI=1S/C23H30N4O3S/c1-18-13-19(2)15-22(14-18)27(31(3,29)30)17-23(28)25-24-21-9-11-26(12-10-21)16-20-7-5-4-6-8-20/h4-8,13-15H,9-12,16-17H2,1-3H3,(H,25,28). The van der Waals surface area contributed by atoms with Crippen molar-refractivity contribution < 1.29 is 13.2 Å². The molecule has 0 aromatic heterocycles. The maximum Gasteiger partial charge on any atom is 0.260 e. The van der Waals surface area contributed by atoms with Crippen molar-refractivity contribution in [3.63, 3.8) is 0 Å². The highest BCUT2D eigenvalue weighted by Gasteiger charge is 2.22. The molecule has 7 nitrogen and oxygen atoms in total. The van der Waals surface area contributed by atoms with Gasteiger partial charge in [0.25, 0.3) is 5.91 Å². The average Bonchev–Trinajstić information content (AvgIpc) is 2.71. The Morgan fingerprint density at radius 3 is 2.26 bits per heavy atom. The number of carbonyl (C=O) groups is 1. The summed E-state index contributed by atoms with van der Waals surface area (Å²) in [5, 5.41) is 4.26. The molecule has 0 atom stereocenters. The molecule has 0 spiro atoms. The topological polar surface area (TPSA) is 82.1 Å². The van der Waals surface area contributed by atoms with E-state index >= 15 is 0 Å². The molecule has 0 saturated carbocycles. The van der Waals surface area contributed by atoms with Gasteiger partial charge < -0.3 is 0 Å². The van der Waals surface area contributed by atoms with E-state index in [9.17, 15) is 13.2 Å². The number of benzene rings is 2. The molecule has 0 bridgehead atoms. The molecule has 0 radical (unpaired) electrons. The van der Waals surface area contributed by atoms with Crippen molar-refractivity contribution in [3.8, 4) is 0 Å². The molecule has 1 amide bonds. The Labute approximate surface area is 184 Å². The maximum atomic E-state index is 12.5. The van der Waals surface area contributed by atoms with Gasteiger partial charge in [-0.2, -0.15) is 5.10 Å². The van der Waals surface area contributed by atoms with Gasteiger partial charge in [-0.05, 0) is 42.7 Å². The smallest absolute Gasteiger partial charge is 0.260 e. The molecule has 3 rings (SSSR count). The van der Waals surface area contributed by atoms with E-state index in [1.54, 1.807) is 12.1 Å². The molecule has 1 aliphatic heterocycles. The van der Waals surface area contributed by atoms with Crippen molar-refractivity contribution >= 4 is 27.3 Å². The molecule has 0 unspecified atom stereocenters. The zero-order valence-electron chi connectivity index (χ0n) is 18.3. The number of nitrogens with zero attached hydrogens (tertiary/aromatic N) is 3. The first-order valence-corrected chi connectivity index (χ1v) is 12.2. The van der Waals surface area contributed by atoms with Crippen molar-refractivity contribution in [1.29, 1.82) is 0 Å². The zero-order valence-corrected chi connectivity index (χ0v) is 19.2. The summed E-state index contributed by atoms with van der Waals surface area (Å²) in [6, 6.07) is 15.8. The van der Waals surface area contributed by atoms with Crippen LogP contribution in [-0.4, -0.2) is 50.8 Å². The van der Waals surface area contributed by atoms with Gasteiger partial charge in [-0.3, -0.25) is 14.0 Å². The van der Waals surface area contributed by atoms with Gasteiger partial charge in [0.1, 0.15) is 6.54 Å². The fraction of sp³-hybridized carbons (Fsp3) is 0.391. The van der Waals surface area contributed by atoms with Crippen LogP contribution in [0.3, 0.4) is 0 Å². The second-order valence-electron chi connectivity index (χ2n) is 8.09. The van der Waals surface area contributed by atoms with E-state index in [-0.39, 0.29) is 6.54 Å². The Kier molecular flexibility index (Phi) is 7.46. The Morgan fingerprint density at radius 1 is 1.06 bits per heavy atom. The minimum absolute atomic E-state index is 0.307. The summed E-state index contributed by atoms with van der Waals surface area (Å²) < 4.78 is 25.7. The lowest BCUT2D eigenvalue weighted by atomic mass is 10.1. The summed E-state index contributed by atoms with van der Waals surface area (Å²) in [5.41, 5.74) is 7.11. The molecule has 1 fully saturated rings. The van der Waals surface area contributed by atoms with Gasteiger partial charge in [-0.1, -0.05) is 36.4 Å². The number of carbonyl (C=O) groups excluding carboxylic acids is 1. The number of aryl methyl sites for hydroxylation is 2. The molecule has 2 aromatic carbocycles. The Hall–Kier alpha value is -2.71. The molecule has 1 saturated heterocycles. The van der Waals surface area contributed by atoms with E-state index in [2.05, 4.69) is 27.6 Å². The van der Waals surface area contributed by atoms with Crippen LogP contribution in [-0.2, 0) is 21.4 Å². The van der Waals surface area contributed by atoms with Crippen molar-refractivity contribution in [2.24, 2.45) is 5.10 Å². The molecule has 1 N–H and O–H groups in total. The fourth-order valence-electron chi connectivity index (χ4n) is 3.72. The molecule has 2 aromatic rings. The lowest BCUT2D eigenvalue weighted by Gasteiger charge is -2.27. The monoisotopic (exact) mass is 442 g/mol. The number of hydrogen-bond donors (Lipinski definition) is 1. The van der Waals surface area contributed by atoms with Crippen molar-refractivity contribution in [1.82, 2.24) is 10.3 Å². The first kappa shape index (κ1) is 23.0. The van der Waals surface area contributed by atoms with Gasteiger partial charge in [0.05, 0.1) is 11.9 Å². The number of hydrazone groups is 1. The zero-order chi connectivity index (χ0) is 22.4. The summed E-state index contributed by atoms with van der Waals surface area (Å²) in [7, 11) is -3.61. The van der Waals surface area contributed by atoms with Gasteiger partial charge in [0.15, 0.2) is 0 Å². The lowest BCUT2D eigenvalue weighted by Crippen LogP contribution is -2.40. The third kappa shape index (κ3) is 6.90. The van der Waals surface area contributed by atoms with Gasteiger partial charge >= 0.3 is 0 Å². The highest BCUT2D eigenvalue weighted by molar-refractivity contribution is 7.92. The van der Waals surface area contributed by atoms with Gasteiger partial charge in [-0.15, -0.1) is 0 Å². The minimum Gasteiger partial charge on any atom is -0.298 e. The predicted octanol–water partition coefficient (Wildman–Crippen LogP) is 2.84. The van der Waals surface area contributed by atoms with Crippen LogP contribution in [0.15, 0.2) is 53.6 Å². The Balaban J connectivity index is 1.56. The number of likely N-dealkylation sites (tertiary alicyclic amines) is 1. The van der Waals surface area contributed by atoms with Crippen molar-refractivity contribution in [2.75, 3.05) is 30.2 Å². The van der Waals surface area contributed by atoms with Gasteiger partial charge in [-0.25, -0.2) is 13.8 Å². The van der Waals surface area contributed by atoms with Gasteiger partial charge in [0, 0.05) is 38.2 Å². The first-order valence-electron chi connectivity index (χ1n) is 10.4.